The summed E-state index contributed by atoms with van der Waals surface area (Å²) in [4.78, 5) is 28.3. The Hall–Kier alpha value is -3.02. The summed E-state index contributed by atoms with van der Waals surface area (Å²) in [5.74, 6) is 0.0569. The number of rotatable bonds is 10. The number of ether oxygens (including phenoxy) is 1. The van der Waals surface area contributed by atoms with Crippen molar-refractivity contribution in [1.82, 2.24) is 10.2 Å². The number of hydrogen-bond donors (Lipinski definition) is 1. The third kappa shape index (κ3) is 7.74. The van der Waals surface area contributed by atoms with Gasteiger partial charge in [0.25, 0.3) is 5.91 Å². The molecule has 0 aliphatic rings. The number of nitrogens with one attached hydrogen (secondary N) is 1. The van der Waals surface area contributed by atoms with Crippen LogP contribution >= 0.6 is 23.2 Å². The largest absolute Gasteiger partial charge is 0.484 e. The fraction of sp³-hybridized carbons (Fsp3) is 0.286. The summed E-state index contributed by atoms with van der Waals surface area (Å²) in [6.45, 7) is 6.18. The first-order valence-corrected chi connectivity index (χ1v) is 12.3. The number of nitrogens with zero attached hydrogens (tertiary/aromatic N) is 1. The van der Waals surface area contributed by atoms with E-state index in [2.05, 4.69) is 5.32 Å². The van der Waals surface area contributed by atoms with E-state index in [0.29, 0.717) is 34.3 Å². The third-order valence-corrected chi connectivity index (χ3v) is 6.12. The summed E-state index contributed by atoms with van der Waals surface area (Å²) in [5.41, 5.74) is 3.72. The van der Waals surface area contributed by atoms with E-state index in [1.807, 2.05) is 69.3 Å². The number of halogens is 2. The van der Waals surface area contributed by atoms with Gasteiger partial charge >= 0.3 is 0 Å². The van der Waals surface area contributed by atoms with Gasteiger partial charge in [0.2, 0.25) is 5.91 Å². The Kier molecular flexibility index (Phi) is 9.58. The second-order valence-electron chi connectivity index (χ2n) is 8.47. The Bertz CT molecular complexity index is 1150. The summed E-state index contributed by atoms with van der Waals surface area (Å²) in [7, 11) is 0. The van der Waals surface area contributed by atoms with E-state index >= 15 is 0 Å². The molecule has 0 heterocycles. The lowest BCUT2D eigenvalue weighted by molar-refractivity contribution is -0.142. The molecule has 2 amide bonds. The minimum absolute atomic E-state index is 0.139. The van der Waals surface area contributed by atoms with Gasteiger partial charge in [-0.3, -0.25) is 9.59 Å². The summed E-state index contributed by atoms with van der Waals surface area (Å²) in [6, 6.07) is 19.8. The van der Waals surface area contributed by atoms with Crippen molar-refractivity contribution in [3.63, 3.8) is 0 Å². The molecule has 0 aliphatic heterocycles. The van der Waals surface area contributed by atoms with Gasteiger partial charge in [0.05, 0.1) is 0 Å². The quantitative estimate of drug-likeness (QED) is 0.375. The molecule has 3 rings (SSSR count). The van der Waals surface area contributed by atoms with Gasteiger partial charge in [-0.05, 0) is 67.3 Å². The highest BCUT2D eigenvalue weighted by Gasteiger charge is 2.31. The zero-order valence-corrected chi connectivity index (χ0v) is 21.7. The summed E-state index contributed by atoms with van der Waals surface area (Å²) in [5, 5.41) is 3.80. The van der Waals surface area contributed by atoms with Crippen molar-refractivity contribution < 1.29 is 14.3 Å². The number of carbonyl (C=O) groups is 2. The molecule has 3 aromatic carbocycles. The fourth-order valence-corrected chi connectivity index (χ4v) is 4.39. The number of benzene rings is 3. The van der Waals surface area contributed by atoms with E-state index in [1.54, 1.807) is 18.2 Å². The molecule has 5 nitrogen and oxygen atoms in total. The van der Waals surface area contributed by atoms with Crippen molar-refractivity contribution in [1.29, 1.82) is 0 Å². The van der Waals surface area contributed by atoms with Gasteiger partial charge in [0.1, 0.15) is 11.8 Å². The van der Waals surface area contributed by atoms with Crippen LogP contribution in [0.3, 0.4) is 0 Å². The molecule has 0 saturated carbocycles. The van der Waals surface area contributed by atoms with Crippen LogP contribution in [-0.2, 0) is 22.6 Å². The predicted molar refractivity (Wildman–Crippen MR) is 141 cm³/mol. The van der Waals surface area contributed by atoms with Crippen LogP contribution in [0.15, 0.2) is 66.7 Å². The molecule has 0 aromatic heterocycles. The Morgan fingerprint density at radius 2 is 1.66 bits per heavy atom. The maximum Gasteiger partial charge on any atom is 0.261 e. The van der Waals surface area contributed by atoms with Gasteiger partial charge in [0.15, 0.2) is 6.61 Å². The maximum absolute atomic E-state index is 13.6. The molecular formula is C28H30Cl2N2O3. The van der Waals surface area contributed by atoms with Crippen molar-refractivity contribution in [3.05, 3.63) is 99.0 Å². The van der Waals surface area contributed by atoms with Crippen molar-refractivity contribution in [2.45, 2.75) is 39.8 Å². The van der Waals surface area contributed by atoms with E-state index in [0.717, 1.165) is 16.7 Å². The molecule has 1 atom stereocenters. The average molecular weight is 513 g/mol. The molecule has 0 bridgehead atoms. The lowest BCUT2D eigenvalue weighted by Gasteiger charge is -2.31. The van der Waals surface area contributed by atoms with Gasteiger partial charge in [-0.25, -0.2) is 0 Å². The number of carbonyl (C=O) groups excluding carboxylic acids is 2. The van der Waals surface area contributed by atoms with Crippen LogP contribution < -0.4 is 10.1 Å². The smallest absolute Gasteiger partial charge is 0.261 e. The Labute approximate surface area is 217 Å². The Morgan fingerprint density at radius 3 is 2.29 bits per heavy atom. The molecule has 0 unspecified atom stereocenters. The van der Waals surface area contributed by atoms with Crippen LogP contribution in [0.1, 0.15) is 29.2 Å². The number of aryl methyl sites for hydroxylation is 2. The number of amides is 2. The molecule has 7 heteroatoms. The summed E-state index contributed by atoms with van der Waals surface area (Å²) < 4.78 is 5.86. The standard InChI is InChI=1S/C28H30Cl2N2O3/c1-4-31-28(34)26(15-21-8-6-5-7-9-21)32(17-22-10-11-23(29)16-25(22)30)27(33)18-35-24-13-19(2)12-20(3)14-24/h5-14,16,26H,4,15,17-18H2,1-3H3,(H,31,34)/t26-/m0/s1. The normalized spacial score (nSPS) is 11.6. The van der Waals surface area contributed by atoms with Crippen LogP contribution in [0.2, 0.25) is 10.0 Å². The van der Waals surface area contributed by atoms with Crippen molar-refractivity contribution >= 4 is 35.0 Å². The minimum Gasteiger partial charge on any atom is -0.484 e. The molecule has 0 saturated heterocycles. The van der Waals surface area contributed by atoms with Crippen molar-refractivity contribution in [3.8, 4) is 5.75 Å². The third-order valence-electron chi connectivity index (χ3n) is 5.54. The van der Waals surface area contributed by atoms with Crippen LogP contribution in [-0.4, -0.2) is 35.9 Å². The molecular weight excluding hydrogens is 483 g/mol. The van der Waals surface area contributed by atoms with Crippen LogP contribution in [0, 0.1) is 13.8 Å². The first-order chi connectivity index (χ1) is 16.8. The molecule has 0 aliphatic carbocycles. The fourth-order valence-electron chi connectivity index (χ4n) is 3.92. The molecule has 0 radical (unpaired) electrons. The maximum atomic E-state index is 13.6. The number of hydrogen-bond acceptors (Lipinski definition) is 3. The highest BCUT2D eigenvalue weighted by atomic mass is 35.5. The first-order valence-electron chi connectivity index (χ1n) is 11.5. The predicted octanol–water partition coefficient (Wildman–Crippen LogP) is 5.77. The van der Waals surface area contributed by atoms with Gasteiger partial charge < -0.3 is 15.0 Å². The van der Waals surface area contributed by atoms with Crippen LogP contribution in [0.4, 0.5) is 0 Å². The topological polar surface area (TPSA) is 58.6 Å². The molecule has 0 fully saturated rings. The molecule has 3 aromatic rings. The highest BCUT2D eigenvalue weighted by molar-refractivity contribution is 6.35. The van der Waals surface area contributed by atoms with Crippen molar-refractivity contribution in [2.24, 2.45) is 0 Å². The lowest BCUT2D eigenvalue weighted by atomic mass is 10.0. The molecule has 1 N–H and O–H groups in total. The minimum atomic E-state index is -0.751. The van der Waals surface area contributed by atoms with E-state index in [4.69, 9.17) is 27.9 Å². The monoisotopic (exact) mass is 512 g/mol. The van der Waals surface area contributed by atoms with Crippen molar-refractivity contribution in [2.75, 3.05) is 13.2 Å². The van der Waals surface area contributed by atoms with Gasteiger partial charge in [-0.15, -0.1) is 0 Å². The second-order valence-corrected chi connectivity index (χ2v) is 9.31. The summed E-state index contributed by atoms with van der Waals surface area (Å²) >= 11 is 12.5. The van der Waals surface area contributed by atoms with E-state index in [-0.39, 0.29) is 25.0 Å². The van der Waals surface area contributed by atoms with Gasteiger partial charge in [-0.1, -0.05) is 65.7 Å². The molecule has 35 heavy (non-hydrogen) atoms. The average Bonchev–Trinajstić information content (AvgIpc) is 2.81. The van der Waals surface area contributed by atoms with E-state index < -0.39 is 6.04 Å². The molecule has 0 spiro atoms. The highest BCUT2D eigenvalue weighted by Crippen LogP contribution is 2.24. The van der Waals surface area contributed by atoms with Gasteiger partial charge in [0, 0.05) is 29.6 Å². The van der Waals surface area contributed by atoms with Crippen LogP contribution in [0.25, 0.3) is 0 Å². The second kappa shape index (κ2) is 12.6. The molecule has 184 valence electrons. The zero-order chi connectivity index (χ0) is 25.4. The zero-order valence-electron chi connectivity index (χ0n) is 20.2. The Morgan fingerprint density at radius 1 is 0.971 bits per heavy atom. The van der Waals surface area contributed by atoms with E-state index in [1.165, 1.54) is 4.90 Å². The SMILES string of the molecule is CCNC(=O)[C@H](Cc1ccccc1)N(Cc1ccc(Cl)cc1Cl)C(=O)COc1cc(C)cc(C)c1. The lowest BCUT2D eigenvalue weighted by Crippen LogP contribution is -2.51. The Balaban J connectivity index is 1.93. The number of likely N-dealkylation sites (N-methyl/N-ethyl adjacent to an activating group) is 1. The first kappa shape index (κ1) is 26.6. The van der Waals surface area contributed by atoms with E-state index in [9.17, 15) is 9.59 Å². The van der Waals surface area contributed by atoms with Crippen LogP contribution in [0.5, 0.6) is 5.75 Å². The van der Waals surface area contributed by atoms with Gasteiger partial charge in [-0.2, -0.15) is 0 Å². The summed E-state index contributed by atoms with van der Waals surface area (Å²) in [6.07, 6.45) is 0.354.